The van der Waals surface area contributed by atoms with E-state index in [4.69, 9.17) is 10.5 Å². The quantitative estimate of drug-likeness (QED) is 0.815. The van der Waals surface area contributed by atoms with Gasteiger partial charge in [-0.15, -0.1) is 0 Å². The third-order valence-electron chi connectivity index (χ3n) is 5.88. The standard InChI is InChI=1S/C20H27F3N2O2/c21-15-11-17(22)19(18(23)12-15)27-16-6-9-25(10-7-16)8-5-13-1-3-14(4-2-13)20(24)26/h11-14,16H,1-10H2,(H2,24,26). The Bertz CT molecular complexity index is 632. The van der Waals surface area contributed by atoms with Crippen LogP contribution < -0.4 is 10.5 Å². The number of hydrogen-bond acceptors (Lipinski definition) is 3. The summed E-state index contributed by atoms with van der Waals surface area (Å²) in [5.74, 6) is -2.93. The molecule has 1 saturated carbocycles. The van der Waals surface area contributed by atoms with E-state index in [0.29, 0.717) is 30.9 Å². The van der Waals surface area contributed by atoms with Gasteiger partial charge in [-0.2, -0.15) is 0 Å². The maximum Gasteiger partial charge on any atom is 0.220 e. The van der Waals surface area contributed by atoms with Crippen molar-refractivity contribution in [2.45, 2.75) is 51.0 Å². The second kappa shape index (κ2) is 8.95. The zero-order valence-electron chi connectivity index (χ0n) is 15.4. The molecule has 2 N–H and O–H groups in total. The molecule has 1 heterocycles. The minimum Gasteiger partial charge on any atom is -0.484 e. The van der Waals surface area contributed by atoms with E-state index in [1.54, 1.807) is 0 Å². The zero-order valence-corrected chi connectivity index (χ0v) is 15.4. The van der Waals surface area contributed by atoms with E-state index in [1.807, 2.05) is 0 Å². The molecule has 1 amide bonds. The predicted molar refractivity (Wildman–Crippen MR) is 95.7 cm³/mol. The molecule has 27 heavy (non-hydrogen) atoms. The smallest absolute Gasteiger partial charge is 0.220 e. The number of nitrogens with two attached hydrogens (primary N) is 1. The number of benzene rings is 1. The highest BCUT2D eigenvalue weighted by Crippen LogP contribution is 2.31. The molecule has 4 nitrogen and oxygen atoms in total. The largest absolute Gasteiger partial charge is 0.484 e. The lowest BCUT2D eigenvalue weighted by Crippen LogP contribution is -2.39. The first kappa shape index (κ1) is 20.0. The Labute approximate surface area is 157 Å². The molecule has 0 aromatic heterocycles. The number of carbonyl (C=O) groups excluding carboxylic acids is 1. The third-order valence-corrected chi connectivity index (χ3v) is 5.88. The van der Waals surface area contributed by atoms with Gasteiger partial charge in [0, 0.05) is 31.1 Å². The third kappa shape index (κ3) is 5.37. The molecule has 3 rings (SSSR count). The Morgan fingerprint density at radius 2 is 1.63 bits per heavy atom. The average molecular weight is 384 g/mol. The Hall–Kier alpha value is -1.76. The summed E-state index contributed by atoms with van der Waals surface area (Å²) in [4.78, 5) is 13.6. The second-order valence-corrected chi connectivity index (χ2v) is 7.77. The number of ether oxygens (including phenoxy) is 1. The highest BCUT2D eigenvalue weighted by atomic mass is 19.1. The number of rotatable bonds is 6. The number of primary amides is 1. The zero-order chi connectivity index (χ0) is 19.4. The van der Waals surface area contributed by atoms with Crippen LogP contribution in [0.15, 0.2) is 12.1 Å². The summed E-state index contributed by atoms with van der Waals surface area (Å²) in [6, 6.07) is 1.28. The van der Waals surface area contributed by atoms with E-state index >= 15 is 0 Å². The molecule has 1 aliphatic heterocycles. The van der Waals surface area contributed by atoms with Crippen LogP contribution in [0.3, 0.4) is 0 Å². The van der Waals surface area contributed by atoms with Crippen molar-refractivity contribution in [3.63, 3.8) is 0 Å². The van der Waals surface area contributed by atoms with Gasteiger partial charge < -0.3 is 15.4 Å². The molecule has 0 bridgehead atoms. The summed E-state index contributed by atoms with van der Waals surface area (Å²) in [6.45, 7) is 2.61. The summed E-state index contributed by atoms with van der Waals surface area (Å²) in [7, 11) is 0. The average Bonchev–Trinajstić information content (AvgIpc) is 2.64. The predicted octanol–water partition coefficient (Wildman–Crippen LogP) is 3.63. The highest BCUT2D eigenvalue weighted by Gasteiger charge is 2.27. The summed E-state index contributed by atoms with van der Waals surface area (Å²) < 4.78 is 45.8. The van der Waals surface area contributed by atoms with Gasteiger partial charge in [0.15, 0.2) is 17.4 Å². The summed E-state index contributed by atoms with van der Waals surface area (Å²) in [6.07, 6.45) is 6.09. The first-order chi connectivity index (χ1) is 12.9. The van der Waals surface area contributed by atoms with Crippen molar-refractivity contribution in [1.82, 2.24) is 4.90 Å². The van der Waals surface area contributed by atoms with Crippen molar-refractivity contribution in [2.24, 2.45) is 17.6 Å². The van der Waals surface area contributed by atoms with Crippen molar-refractivity contribution >= 4 is 5.91 Å². The van der Waals surface area contributed by atoms with Gasteiger partial charge in [-0.25, -0.2) is 13.2 Å². The number of nitrogens with zero attached hydrogens (tertiary/aromatic N) is 1. The van der Waals surface area contributed by atoms with Crippen molar-refractivity contribution in [1.29, 1.82) is 0 Å². The van der Waals surface area contributed by atoms with Gasteiger partial charge >= 0.3 is 0 Å². The van der Waals surface area contributed by atoms with Gasteiger partial charge in [0.25, 0.3) is 0 Å². The summed E-state index contributed by atoms with van der Waals surface area (Å²) in [5.41, 5.74) is 5.37. The van der Waals surface area contributed by atoms with Gasteiger partial charge in [0.1, 0.15) is 11.9 Å². The summed E-state index contributed by atoms with van der Waals surface area (Å²) >= 11 is 0. The van der Waals surface area contributed by atoms with E-state index in [0.717, 1.165) is 51.7 Å². The molecule has 0 atom stereocenters. The SMILES string of the molecule is NC(=O)C1CCC(CCN2CCC(Oc3c(F)cc(F)cc3F)CC2)CC1. The summed E-state index contributed by atoms with van der Waals surface area (Å²) in [5, 5.41) is 0. The molecule has 0 spiro atoms. The van der Waals surface area contributed by atoms with Gasteiger partial charge in [-0.1, -0.05) is 0 Å². The number of piperidine rings is 1. The van der Waals surface area contributed by atoms with E-state index in [1.165, 1.54) is 0 Å². The molecule has 1 saturated heterocycles. The maximum absolute atomic E-state index is 13.7. The molecule has 2 fully saturated rings. The molecule has 7 heteroatoms. The lowest BCUT2D eigenvalue weighted by molar-refractivity contribution is -0.123. The molecule has 1 aromatic carbocycles. The lowest BCUT2D eigenvalue weighted by Gasteiger charge is -2.34. The van der Waals surface area contributed by atoms with E-state index in [-0.39, 0.29) is 17.9 Å². The van der Waals surface area contributed by atoms with Gasteiger partial charge in [-0.05, 0) is 57.4 Å². The van der Waals surface area contributed by atoms with Gasteiger partial charge in [-0.3, -0.25) is 4.79 Å². The molecule has 0 radical (unpaired) electrons. The molecular formula is C20H27F3N2O2. The van der Waals surface area contributed by atoms with Crippen LogP contribution in [0.5, 0.6) is 5.75 Å². The van der Waals surface area contributed by atoms with Crippen LogP contribution in [0.4, 0.5) is 13.2 Å². The van der Waals surface area contributed by atoms with Crippen molar-refractivity contribution in [2.75, 3.05) is 19.6 Å². The minimum atomic E-state index is -0.999. The topological polar surface area (TPSA) is 55.6 Å². The van der Waals surface area contributed by atoms with Crippen LogP contribution in [-0.2, 0) is 4.79 Å². The Balaban J connectivity index is 1.39. The number of halogens is 3. The van der Waals surface area contributed by atoms with Crippen LogP contribution in [0, 0.1) is 29.3 Å². The highest BCUT2D eigenvalue weighted by molar-refractivity contribution is 5.76. The van der Waals surface area contributed by atoms with E-state index in [9.17, 15) is 18.0 Å². The van der Waals surface area contributed by atoms with Crippen LogP contribution in [0.2, 0.25) is 0 Å². The molecular weight excluding hydrogens is 357 g/mol. The fraction of sp³-hybridized carbons (Fsp3) is 0.650. The van der Waals surface area contributed by atoms with Crippen LogP contribution >= 0.6 is 0 Å². The molecule has 1 aromatic rings. The van der Waals surface area contributed by atoms with Gasteiger partial charge in [0.05, 0.1) is 0 Å². The minimum absolute atomic E-state index is 0.0430. The first-order valence-electron chi connectivity index (χ1n) is 9.75. The van der Waals surface area contributed by atoms with Crippen LogP contribution in [0.25, 0.3) is 0 Å². The number of likely N-dealkylation sites (tertiary alicyclic amines) is 1. The number of carbonyl (C=O) groups is 1. The Morgan fingerprint density at radius 1 is 1.04 bits per heavy atom. The fourth-order valence-corrected chi connectivity index (χ4v) is 4.16. The maximum atomic E-state index is 13.7. The van der Waals surface area contributed by atoms with Crippen molar-refractivity contribution in [3.05, 3.63) is 29.6 Å². The van der Waals surface area contributed by atoms with Crippen LogP contribution in [0.1, 0.15) is 44.9 Å². The van der Waals surface area contributed by atoms with Gasteiger partial charge in [0.2, 0.25) is 5.91 Å². The fourth-order valence-electron chi connectivity index (χ4n) is 4.16. The number of hydrogen-bond donors (Lipinski definition) is 1. The van der Waals surface area contributed by atoms with Crippen LogP contribution in [-0.4, -0.2) is 36.5 Å². The normalized spacial score (nSPS) is 24.7. The monoisotopic (exact) mass is 384 g/mol. The lowest BCUT2D eigenvalue weighted by atomic mass is 9.80. The van der Waals surface area contributed by atoms with Crippen molar-refractivity contribution in [3.8, 4) is 5.75 Å². The number of amides is 1. The van der Waals surface area contributed by atoms with E-state index < -0.39 is 23.2 Å². The van der Waals surface area contributed by atoms with Crippen molar-refractivity contribution < 1.29 is 22.7 Å². The first-order valence-corrected chi connectivity index (χ1v) is 9.75. The molecule has 150 valence electrons. The Morgan fingerprint density at radius 3 is 2.19 bits per heavy atom. The Kier molecular flexibility index (Phi) is 6.63. The molecule has 1 aliphatic carbocycles. The molecule has 2 aliphatic rings. The second-order valence-electron chi connectivity index (χ2n) is 7.77. The molecule has 0 unspecified atom stereocenters. The van der Waals surface area contributed by atoms with E-state index in [2.05, 4.69) is 4.90 Å².